The maximum Gasteiger partial charge on any atom is 0.180 e. The van der Waals surface area contributed by atoms with Gasteiger partial charge in [0.1, 0.15) is 0 Å². The number of hydrogen-bond acceptors (Lipinski definition) is 5. The number of aromatic nitrogens is 1. The van der Waals surface area contributed by atoms with Crippen LogP contribution in [0.5, 0.6) is 0 Å². The van der Waals surface area contributed by atoms with Gasteiger partial charge >= 0.3 is 0 Å². The Labute approximate surface area is 114 Å². The second-order valence-corrected chi connectivity index (χ2v) is 5.38. The summed E-state index contributed by atoms with van der Waals surface area (Å²) in [4.78, 5) is 7.63. The Bertz CT molecular complexity index is 319. The number of ether oxygens (including phenoxy) is 1. The third-order valence-electron chi connectivity index (χ3n) is 2.55. The predicted molar refractivity (Wildman–Crippen MR) is 75.8 cm³/mol. The fourth-order valence-corrected chi connectivity index (χ4v) is 2.17. The van der Waals surface area contributed by atoms with Crippen molar-refractivity contribution in [1.82, 2.24) is 9.88 Å². The molecule has 0 aliphatic rings. The van der Waals surface area contributed by atoms with Crippen molar-refractivity contribution >= 4 is 28.9 Å². The van der Waals surface area contributed by atoms with Crippen LogP contribution in [0.4, 0.5) is 5.13 Å². The molecule has 1 aromatic rings. The third kappa shape index (κ3) is 5.68. The summed E-state index contributed by atoms with van der Waals surface area (Å²) in [5.41, 5.74) is 5.62. The Balaban J connectivity index is 0.00000256. The van der Waals surface area contributed by atoms with Crippen molar-refractivity contribution in [2.45, 2.75) is 39.5 Å². The zero-order valence-corrected chi connectivity index (χ0v) is 12.5. The van der Waals surface area contributed by atoms with Crippen LogP contribution in [0.3, 0.4) is 0 Å². The van der Waals surface area contributed by atoms with Gasteiger partial charge < -0.3 is 10.5 Å². The van der Waals surface area contributed by atoms with Crippen molar-refractivity contribution in [3.8, 4) is 0 Å². The highest BCUT2D eigenvalue weighted by atomic mass is 35.5. The summed E-state index contributed by atoms with van der Waals surface area (Å²) in [5, 5.41) is 0.637. The molecule has 4 nitrogen and oxygen atoms in total. The van der Waals surface area contributed by atoms with Gasteiger partial charge in [-0.1, -0.05) is 0 Å². The molecule has 0 aromatic carbocycles. The molecule has 6 heteroatoms. The molecular formula is C11H22ClN3OS. The molecule has 0 radical (unpaired) electrons. The molecule has 17 heavy (non-hydrogen) atoms. The Kier molecular flexibility index (Phi) is 7.70. The molecule has 1 rings (SSSR count). The molecule has 0 bridgehead atoms. The molecule has 1 atom stereocenters. The topological polar surface area (TPSA) is 51.4 Å². The molecule has 0 saturated heterocycles. The lowest BCUT2D eigenvalue weighted by molar-refractivity contribution is 0.0626. The number of nitrogen functional groups attached to an aromatic ring is 1. The molecule has 1 unspecified atom stereocenters. The van der Waals surface area contributed by atoms with Gasteiger partial charge in [-0.05, 0) is 20.8 Å². The minimum atomic E-state index is 0. The first-order valence-corrected chi connectivity index (χ1v) is 6.31. The van der Waals surface area contributed by atoms with Gasteiger partial charge in [0.15, 0.2) is 5.13 Å². The molecule has 0 aliphatic heterocycles. The van der Waals surface area contributed by atoms with E-state index in [1.54, 1.807) is 18.4 Å². The first-order chi connectivity index (χ1) is 7.52. The van der Waals surface area contributed by atoms with Crippen LogP contribution < -0.4 is 5.73 Å². The largest absolute Gasteiger partial charge is 0.380 e. The summed E-state index contributed by atoms with van der Waals surface area (Å²) in [5.74, 6) is 0. The van der Waals surface area contributed by atoms with Crippen LogP contribution in [0.2, 0.25) is 0 Å². The van der Waals surface area contributed by atoms with Crippen molar-refractivity contribution in [2.24, 2.45) is 0 Å². The first-order valence-electron chi connectivity index (χ1n) is 5.50. The van der Waals surface area contributed by atoms with E-state index in [0.29, 0.717) is 11.2 Å². The maximum atomic E-state index is 5.62. The van der Waals surface area contributed by atoms with Crippen molar-refractivity contribution in [3.05, 3.63) is 11.1 Å². The van der Waals surface area contributed by atoms with Crippen LogP contribution in [0, 0.1) is 0 Å². The molecule has 0 spiro atoms. The monoisotopic (exact) mass is 279 g/mol. The fourth-order valence-electron chi connectivity index (χ4n) is 1.46. The van der Waals surface area contributed by atoms with Gasteiger partial charge in [0, 0.05) is 37.3 Å². The zero-order chi connectivity index (χ0) is 12.1. The summed E-state index contributed by atoms with van der Waals surface area (Å²) < 4.78 is 5.30. The van der Waals surface area contributed by atoms with E-state index in [1.165, 1.54) is 4.88 Å². The van der Waals surface area contributed by atoms with Crippen LogP contribution in [0.15, 0.2) is 6.20 Å². The number of rotatable bonds is 6. The van der Waals surface area contributed by atoms with Gasteiger partial charge in [0.05, 0.1) is 6.10 Å². The lowest BCUT2D eigenvalue weighted by Crippen LogP contribution is -2.36. The molecule has 1 heterocycles. The Morgan fingerprint density at radius 2 is 2.12 bits per heavy atom. The minimum Gasteiger partial charge on any atom is -0.380 e. The van der Waals surface area contributed by atoms with Gasteiger partial charge in [-0.25, -0.2) is 4.98 Å². The smallest absolute Gasteiger partial charge is 0.180 e. The van der Waals surface area contributed by atoms with E-state index in [2.05, 4.69) is 30.7 Å². The third-order valence-corrected chi connectivity index (χ3v) is 3.37. The van der Waals surface area contributed by atoms with E-state index < -0.39 is 0 Å². The van der Waals surface area contributed by atoms with Gasteiger partial charge in [0.2, 0.25) is 0 Å². The van der Waals surface area contributed by atoms with Crippen LogP contribution in [0.1, 0.15) is 25.6 Å². The maximum absolute atomic E-state index is 5.62. The van der Waals surface area contributed by atoms with Crippen LogP contribution in [-0.4, -0.2) is 35.7 Å². The number of methoxy groups -OCH3 is 1. The van der Waals surface area contributed by atoms with Crippen molar-refractivity contribution in [3.63, 3.8) is 0 Å². The van der Waals surface area contributed by atoms with E-state index >= 15 is 0 Å². The second kappa shape index (κ2) is 7.87. The summed E-state index contributed by atoms with van der Waals surface area (Å²) in [6, 6.07) is 0.487. The van der Waals surface area contributed by atoms with Crippen LogP contribution >= 0.6 is 23.7 Å². The first kappa shape index (κ1) is 16.6. The van der Waals surface area contributed by atoms with Gasteiger partial charge in [-0.3, -0.25) is 4.90 Å². The summed E-state index contributed by atoms with van der Waals surface area (Å²) in [6.45, 7) is 8.27. The quantitative estimate of drug-likeness (QED) is 0.869. The van der Waals surface area contributed by atoms with E-state index in [0.717, 1.165) is 13.1 Å². The standard InChI is InChI=1S/C11H21N3OS.ClH/c1-8(2)14(6-9(3)15-4)7-10-5-13-11(12)16-10;/h5,8-9H,6-7H2,1-4H3,(H2,12,13);1H. The average Bonchev–Trinajstić information content (AvgIpc) is 2.62. The number of nitrogens with two attached hydrogens (primary N) is 1. The highest BCUT2D eigenvalue weighted by Crippen LogP contribution is 2.18. The van der Waals surface area contributed by atoms with Crippen LogP contribution in [0.25, 0.3) is 0 Å². The number of hydrogen-bond donors (Lipinski definition) is 1. The number of anilines is 1. The number of halogens is 1. The predicted octanol–water partition coefficient (Wildman–Crippen LogP) is 2.39. The van der Waals surface area contributed by atoms with E-state index in [1.807, 2.05) is 6.20 Å². The molecule has 0 saturated carbocycles. The van der Waals surface area contributed by atoms with Crippen molar-refractivity contribution < 1.29 is 4.74 Å². The van der Waals surface area contributed by atoms with E-state index in [4.69, 9.17) is 10.5 Å². The summed E-state index contributed by atoms with van der Waals surface area (Å²) >= 11 is 1.55. The van der Waals surface area contributed by atoms with Gasteiger partial charge in [0.25, 0.3) is 0 Å². The zero-order valence-electron chi connectivity index (χ0n) is 10.8. The normalized spacial score (nSPS) is 12.8. The summed E-state index contributed by atoms with van der Waals surface area (Å²) in [6.07, 6.45) is 2.10. The molecule has 1 aromatic heterocycles. The highest BCUT2D eigenvalue weighted by molar-refractivity contribution is 7.15. The van der Waals surface area contributed by atoms with Crippen LogP contribution in [-0.2, 0) is 11.3 Å². The highest BCUT2D eigenvalue weighted by Gasteiger charge is 2.14. The number of thiazole rings is 1. The SMILES string of the molecule is COC(C)CN(Cc1cnc(N)s1)C(C)C.Cl. The number of nitrogens with zero attached hydrogens (tertiary/aromatic N) is 2. The Morgan fingerprint density at radius 1 is 1.47 bits per heavy atom. The van der Waals surface area contributed by atoms with Crippen molar-refractivity contribution in [1.29, 1.82) is 0 Å². The molecule has 0 aliphatic carbocycles. The Hall–Kier alpha value is -0.360. The fraction of sp³-hybridized carbons (Fsp3) is 0.727. The van der Waals surface area contributed by atoms with E-state index in [-0.39, 0.29) is 18.5 Å². The van der Waals surface area contributed by atoms with Gasteiger partial charge in [-0.15, -0.1) is 23.7 Å². The lowest BCUT2D eigenvalue weighted by Gasteiger charge is -2.28. The average molecular weight is 280 g/mol. The Morgan fingerprint density at radius 3 is 2.53 bits per heavy atom. The van der Waals surface area contributed by atoms with Crippen molar-refractivity contribution in [2.75, 3.05) is 19.4 Å². The minimum absolute atomic E-state index is 0. The molecule has 2 N–H and O–H groups in total. The lowest BCUT2D eigenvalue weighted by atomic mass is 10.2. The van der Waals surface area contributed by atoms with E-state index in [9.17, 15) is 0 Å². The van der Waals surface area contributed by atoms with Gasteiger partial charge in [-0.2, -0.15) is 0 Å². The molecule has 0 fully saturated rings. The summed E-state index contributed by atoms with van der Waals surface area (Å²) in [7, 11) is 1.74. The molecular weight excluding hydrogens is 258 g/mol. The molecule has 0 amide bonds. The second-order valence-electron chi connectivity index (χ2n) is 4.23. The molecule has 100 valence electrons.